The first-order valence-corrected chi connectivity index (χ1v) is 6.57. The van der Waals surface area contributed by atoms with Gasteiger partial charge >= 0.3 is 5.97 Å². The molecule has 102 valence electrons. The monoisotopic (exact) mass is 300 g/mol. The highest BCUT2D eigenvalue weighted by molar-refractivity contribution is 6.35. The van der Waals surface area contributed by atoms with Crippen LogP contribution in [-0.4, -0.2) is 11.1 Å². The van der Waals surface area contributed by atoms with Crippen molar-refractivity contribution in [3.8, 4) is 0 Å². The number of ether oxygens (including phenoxy) is 1. The van der Waals surface area contributed by atoms with Crippen LogP contribution < -0.4 is 0 Å². The highest BCUT2D eigenvalue weighted by Crippen LogP contribution is 2.47. The summed E-state index contributed by atoms with van der Waals surface area (Å²) in [5.74, 6) is -0.507. The van der Waals surface area contributed by atoms with E-state index in [4.69, 9.17) is 27.9 Å². The van der Waals surface area contributed by atoms with Crippen molar-refractivity contribution in [2.75, 3.05) is 0 Å². The number of halogens is 2. The number of rotatable bonds is 1. The van der Waals surface area contributed by atoms with E-state index in [9.17, 15) is 9.90 Å². The number of esters is 1. The zero-order chi connectivity index (χ0) is 14.4. The minimum atomic E-state index is -0.741. The summed E-state index contributed by atoms with van der Waals surface area (Å²) in [5, 5.41) is 11.1. The van der Waals surface area contributed by atoms with Gasteiger partial charge in [-0.05, 0) is 32.9 Å². The average molecular weight is 301 g/mol. The van der Waals surface area contributed by atoms with E-state index in [-0.39, 0.29) is 11.3 Å². The third-order valence-corrected chi connectivity index (χ3v) is 3.96. The molecule has 0 saturated carbocycles. The highest BCUT2D eigenvalue weighted by atomic mass is 35.5. The molecule has 1 aliphatic rings. The zero-order valence-corrected chi connectivity index (χ0v) is 12.3. The lowest BCUT2D eigenvalue weighted by atomic mass is 9.77. The van der Waals surface area contributed by atoms with Gasteiger partial charge < -0.3 is 9.84 Å². The van der Waals surface area contributed by atoms with Crippen LogP contribution in [0, 0.1) is 5.41 Å². The van der Waals surface area contributed by atoms with Crippen molar-refractivity contribution < 1.29 is 14.6 Å². The molecule has 0 fully saturated rings. The second kappa shape index (κ2) is 4.73. The van der Waals surface area contributed by atoms with Crippen LogP contribution in [0.5, 0.6) is 0 Å². The van der Waals surface area contributed by atoms with E-state index in [0.29, 0.717) is 15.6 Å². The molecule has 2 rings (SSSR count). The molecule has 0 bridgehead atoms. The Morgan fingerprint density at radius 2 is 1.95 bits per heavy atom. The Balaban J connectivity index is 2.54. The van der Waals surface area contributed by atoms with Gasteiger partial charge in [0.2, 0.25) is 0 Å². The summed E-state index contributed by atoms with van der Waals surface area (Å²) in [5.41, 5.74) is 0.116. The maximum Gasteiger partial charge on any atom is 0.337 e. The Morgan fingerprint density at radius 1 is 1.32 bits per heavy atom. The second-order valence-electron chi connectivity index (χ2n) is 5.15. The predicted octanol–water partition coefficient (Wildman–Crippen LogP) is 4.45. The molecule has 1 atom stereocenters. The van der Waals surface area contributed by atoms with Crippen molar-refractivity contribution in [1.82, 2.24) is 0 Å². The summed E-state index contributed by atoms with van der Waals surface area (Å²) in [6.07, 6.45) is -0.645. The van der Waals surface area contributed by atoms with E-state index < -0.39 is 17.5 Å². The van der Waals surface area contributed by atoms with Gasteiger partial charge in [-0.25, -0.2) is 4.79 Å². The third kappa shape index (κ3) is 2.33. The van der Waals surface area contributed by atoms with Gasteiger partial charge in [-0.3, -0.25) is 0 Å². The first kappa shape index (κ1) is 14.2. The first-order valence-electron chi connectivity index (χ1n) is 5.81. The molecule has 0 amide bonds. The molecule has 1 aliphatic heterocycles. The minimum absolute atomic E-state index is 0.0276. The summed E-state index contributed by atoms with van der Waals surface area (Å²) in [4.78, 5) is 11.7. The summed E-state index contributed by atoms with van der Waals surface area (Å²) in [6.45, 7) is 5.14. The Hall–Kier alpha value is -1.19. The van der Waals surface area contributed by atoms with E-state index in [2.05, 4.69) is 0 Å². The van der Waals surface area contributed by atoms with Gasteiger partial charge in [0, 0.05) is 15.6 Å². The fourth-order valence-electron chi connectivity index (χ4n) is 2.21. The smallest absolute Gasteiger partial charge is 0.337 e. The maximum absolute atomic E-state index is 11.7. The fourth-order valence-corrected chi connectivity index (χ4v) is 2.72. The van der Waals surface area contributed by atoms with Gasteiger partial charge in [0.05, 0.1) is 11.0 Å². The van der Waals surface area contributed by atoms with Crippen molar-refractivity contribution in [1.29, 1.82) is 0 Å². The number of hydrogen-bond acceptors (Lipinski definition) is 3. The number of carbonyl (C=O) groups excluding carboxylic acids is 1. The predicted molar refractivity (Wildman–Crippen MR) is 74.4 cm³/mol. The quantitative estimate of drug-likeness (QED) is 0.779. The van der Waals surface area contributed by atoms with Gasteiger partial charge in [-0.1, -0.05) is 29.3 Å². The summed E-state index contributed by atoms with van der Waals surface area (Å²) >= 11 is 12.0. The van der Waals surface area contributed by atoms with Crippen LogP contribution >= 0.6 is 23.2 Å². The van der Waals surface area contributed by atoms with Crippen LogP contribution in [0.25, 0.3) is 0 Å². The van der Waals surface area contributed by atoms with E-state index in [1.807, 2.05) is 0 Å². The van der Waals surface area contributed by atoms with E-state index in [1.165, 1.54) is 0 Å². The number of cyclic esters (lactones) is 1. The fraction of sp³-hybridized carbons (Fsp3) is 0.357. The molecule has 5 heteroatoms. The molecule has 1 aromatic carbocycles. The molecular formula is C14H14Cl2O3. The standard InChI is InChI=1S/C14H14Cl2O3/c1-7-11(17)14(2,3)12(19-13(7)18)9-5-4-8(15)6-10(9)16/h4-6,12,17H,1-3H3. The third-order valence-electron chi connectivity index (χ3n) is 3.40. The Labute approximate surface area is 121 Å². The van der Waals surface area contributed by atoms with Gasteiger partial charge in [0.25, 0.3) is 0 Å². The van der Waals surface area contributed by atoms with Crippen molar-refractivity contribution in [2.45, 2.75) is 26.9 Å². The Kier molecular flexibility index (Phi) is 3.54. The summed E-state index contributed by atoms with van der Waals surface area (Å²) in [7, 11) is 0. The molecule has 0 spiro atoms. The molecule has 1 heterocycles. The molecule has 1 unspecified atom stereocenters. The highest BCUT2D eigenvalue weighted by Gasteiger charge is 2.44. The number of aliphatic hydroxyl groups excluding tert-OH is 1. The van der Waals surface area contributed by atoms with Crippen LogP contribution in [0.1, 0.15) is 32.4 Å². The SMILES string of the molecule is CC1=C(O)C(C)(C)C(c2ccc(Cl)cc2Cl)OC1=O. The van der Waals surface area contributed by atoms with Crippen molar-refractivity contribution in [2.24, 2.45) is 5.41 Å². The van der Waals surface area contributed by atoms with Crippen LogP contribution in [0.4, 0.5) is 0 Å². The minimum Gasteiger partial charge on any atom is -0.511 e. The van der Waals surface area contributed by atoms with Gasteiger partial charge in [0.1, 0.15) is 11.9 Å². The van der Waals surface area contributed by atoms with Gasteiger partial charge in [-0.15, -0.1) is 0 Å². The number of hydrogen-bond donors (Lipinski definition) is 1. The zero-order valence-electron chi connectivity index (χ0n) is 10.8. The summed E-state index contributed by atoms with van der Waals surface area (Å²) < 4.78 is 5.41. The molecule has 0 aromatic heterocycles. The summed E-state index contributed by atoms with van der Waals surface area (Å²) in [6, 6.07) is 4.97. The number of aliphatic hydroxyl groups is 1. The number of carbonyl (C=O) groups is 1. The molecule has 0 saturated heterocycles. The molecule has 3 nitrogen and oxygen atoms in total. The largest absolute Gasteiger partial charge is 0.511 e. The topological polar surface area (TPSA) is 46.5 Å². The number of benzene rings is 1. The molecular weight excluding hydrogens is 287 g/mol. The lowest BCUT2D eigenvalue weighted by Crippen LogP contribution is -2.35. The molecule has 19 heavy (non-hydrogen) atoms. The first-order chi connectivity index (χ1) is 8.75. The van der Waals surface area contributed by atoms with Crippen LogP contribution in [-0.2, 0) is 9.53 Å². The lowest BCUT2D eigenvalue weighted by molar-refractivity contribution is -0.155. The van der Waals surface area contributed by atoms with Crippen molar-refractivity contribution >= 4 is 29.2 Å². The molecule has 0 radical (unpaired) electrons. The Bertz CT molecular complexity index is 576. The Morgan fingerprint density at radius 3 is 2.53 bits per heavy atom. The van der Waals surface area contributed by atoms with Crippen molar-refractivity contribution in [3.05, 3.63) is 45.1 Å². The van der Waals surface area contributed by atoms with Crippen LogP contribution in [0.2, 0.25) is 10.0 Å². The second-order valence-corrected chi connectivity index (χ2v) is 5.99. The maximum atomic E-state index is 11.7. The van der Waals surface area contributed by atoms with E-state index in [1.54, 1.807) is 39.0 Å². The van der Waals surface area contributed by atoms with Crippen molar-refractivity contribution in [3.63, 3.8) is 0 Å². The van der Waals surface area contributed by atoms with Gasteiger partial charge in [0.15, 0.2) is 0 Å². The normalized spacial score (nSPS) is 22.4. The van der Waals surface area contributed by atoms with E-state index >= 15 is 0 Å². The van der Waals surface area contributed by atoms with E-state index in [0.717, 1.165) is 0 Å². The molecule has 1 aromatic rings. The van der Waals surface area contributed by atoms with Crippen LogP contribution in [0.3, 0.4) is 0 Å². The lowest BCUT2D eigenvalue weighted by Gasteiger charge is -2.38. The molecule has 0 aliphatic carbocycles. The van der Waals surface area contributed by atoms with Gasteiger partial charge in [-0.2, -0.15) is 0 Å². The molecule has 1 N–H and O–H groups in total. The van der Waals surface area contributed by atoms with Crippen LogP contribution in [0.15, 0.2) is 29.5 Å². The average Bonchev–Trinajstić information content (AvgIpc) is 2.33.